The van der Waals surface area contributed by atoms with E-state index in [4.69, 9.17) is 0 Å². The first-order valence-electron chi connectivity index (χ1n) is 6.52. The Bertz CT molecular complexity index is 523. The summed E-state index contributed by atoms with van der Waals surface area (Å²) >= 11 is 0. The maximum absolute atomic E-state index is 9.30. The average Bonchev–Trinajstić information content (AvgIpc) is 2.68. The molecule has 18 heavy (non-hydrogen) atoms. The van der Waals surface area contributed by atoms with E-state index in [-0.39, 0.29) is 6.61 Å². The number of hydrogen-bond donors (Lipinski definition) is 1. The number of aliphatic hydroxyl groups is 1. The zero-order valence-electron chi connectivity index (χ0n) is 11.4. The number of benzene rings is 1. The molecule has 2 rings (SSSR count). The van der Waals surface area contributed by atoms with Crippen molar-refractivity contribution in [2.75, 3.05) is 0 Å². The molecule has 1 N–H and O–H groups in total. The van der Waals surface area contributed by atoms with Crippen molar-refractivity contribution in [2.45, 2.75) is 33.3 Å². The Hall–Kier alpha value is -1.54. The Morgan fingerprint density at radius 1 is 1.17 bits per heavy atom. The van der Waals surface area contributed by atoms with Crippen molar-refractivity contribution >= 4 is 0 Å². The number of nitrogens with zero attached hydrogens (tertiary/aromatic N) is 1. The van der Waals surface area contributed by atoms with Gasteiger partial charge in [0.2, 0.25) is 0 Å². The summed E-state index contributed by atoms with van der Waals surface area (Å²) in [5, 5.41) is 9.30. The van der Waals surface area contributed by atoms with Gasteiger partial charge in [0.1, 0.15) is 0 Å². The third-order valence-corrected chi connectivity index (χ3v) is 3.60. The summed E-state index contributed by atoms with van der Waals surface area (Å²) in [5.74, 6) is 0. The summed E-state index contributed by atoms with van der Waals surface area (Å²) in [5.41, 5.74) is 5.89. The Labute approximate surface area is 109 Å². The minimum atomic E-state index is 0.105. The molecule has 1 heterocycles. The van der Waals surface area contributed by atoms with Gasteiger partial charge in [-0.2, -0.15) is 0 Å². The van der Waals surface area contributed by atoms with Gasteiger partial charge in [-0.25, -0.2) is 0 Å². The monoisotopic (exact) mass is 243 g/mol. The quantitative estimate of drug-likeness (QED) is 0.874. The van der Waals surface area contributed by atoms with Crippen molar-refractivity contribution in [2.24, 2.45) is 7.05 Å². The highest BCUT2D eigenvalue weighted by Crippen LogP contribution is 2.25. The molecule has 2 nitrogen and oxygen atoms in total. The van der Waals surface area contributed by atoms with Gasteiger partial charge in [0.25, 0.3) is 0 Å². The number of rotatable bonds is 4. The summed E-state index contributed by atoms with van der Waals surface area (Å²) in [7, 11) is 2.05. The first-order chi connectivity index (χ1) is 8.67. The van der Waals surface area contributed by atoms with Crippen LogP contribution in [-0.2, 0) is 20.1 Å². The molecule has 0 radical (unpaired) electrons. The van der Waals surface area contributed by atoms with E-state index >= 15 is 0 Å². The molecule has 0 fully saturated rings. The molecule has 0 saturated carbocycles. The Morgan fingerprint density at radius 2 is 1.83 bits per heavy atom. The SMILES string of the molecule is CCCc1ccc(-c2cc(CO)c(C)n2C)cc1. The molecule has 0 spiro atoms. The van der Waals surface area contributed by atoms with Crippen LogP contribution in [0.4, 0.5) is 0 Å². The molecule has 0 aliphatic carbocycles. The molecule has 0 saturated heterocycles. The zero-order valence-corrected chi connectivity index (χ0v) is 11.4. The van der Waals surface area contributed by atoms with Gasteiger partial charge in [-0.1, -0.05) is 37.6 Å². The minimum Gasteiger partial charge on any atom is -0.392 e. The molecule has 0 atom stereocenters. The lowest BCUT2D eigenvalue weighted by Crippen LogP contribution is -1.95. The molecule has 0 amide bonds. The van der Waals surface area contributed by atoms with E-state index in [1.54, 1.807) is 0 Å². The third kappa shape index (κ3) is 2.34. The molecule has 2 heteroatoms. The summed E-state index contributed by atoms with van der Waals surface area (Å²) in [6.07, 6.45) is 2.31. The van der Waals surface area contributed by atoms with E-state index in [0.29, 0.717) is 0 Å². The van der Waals surface area contributed by atoms with Crippen LogP contribution in [0.15, 0.2) is 30.3 Å². The van der Waals surface area contributed by atoms with Crippen LogP contribution in [0, 0.1) is 6.92 Å². The van der Waals surface area contributed by atoms with Crippen molar-refractivity contribution in [3.05, 3.63) is 47.2 Å². The van der Waals surface area contributed by atoms with Crippen molar-refractivity contribution in [3.8, 4) is 11.3 Å². The van der Waals surface area contributed by atoms with Gasteiger partial charge in [0.05, 0.1) is 6.61 Å². The molecule has 0 bridgehead atoms. The van der Waals surface area contributed by atoms with Crippen molar-refractivity contribution in [1.82, 2.24) is 4.57 Å². The summed E-state index contributed by atoms with van der Waals surface area (Å²) in [6.45, 7) is 4.34. The molecule has 0 unspecified atom stereocenters. The molecule has 0 aliphatic rings. The lowest BCUT2D eigenvalue weighted by Gasteiger charge is -2.06. The predicted octanol–water partition coefficient (Wildman–Crippen LogP) is 3.45. The van der Waals surface area contributed by atoms with E-state index < -0.39 is 0 Å². The van der Waals surface area contributed by atoms with Gasteiger partial charge in [0, 0.05) is 18.4 Å². The summed E-state index contributed by atoms with van der Waals surface area (Å²) in [6, 6.07) is 10.8. The van der Waals surface area contributed by atoms with Crippen molar-refractivity contribution < 1.29 is 5.11 Å². The first kappa shape index (κ1) is 12.9. The lowest BCUT2D eigenvalue weighted by molar-refractivity contribution is 0.281. The number of aromatic nitrogens is 1. The lowest BCUT2D eigenvalue weighted by atomic mass is 10.1. The van der Waals surface area contributed by atoms with Crippen LogP contribution in [0.1, 0.15) is 30.2 Å². The molecule has 1 aromatic heterocycles. The average molecular weight is 243 g/mol. The predicted molar refractivity (Wildman–Crippen MR) is 75.5 cm³/mol. The van der Waals surface area contributed by atoms with E-state index in [2.05, 4.69) is 41.8 Å². The third-order valence-electron chi connectivity index (χ3n) is 3.60. The molecular formula is C16H21NO. The van der Waals surface area contributed by atoms with E-state index in [1.807, 2.05) is 14.0 Å². The molecule has 2 aromatic rings. The fourth-order valence-corrected chi connectivity index (χ4v) is 2.33. The van der Waals surface area contributed by atoms with Crippen LogP contribution < -0.4 is 0 Å². The Morgan fingerprint density at radius 3 is 2.33 bits per heavy atom. The Balaban J connectivity index is 2.36. The molecule has 1 aromatic carbocycles. The highest BCUT2D eigenvalue weighted by atomic mass is 16.3. The second-order valence-electron chi connectivity index (χ2n) is 4.80. The second kappa shape index (κ2) is 5.40. The van der Waals surface area contributed by atoms with Crippen LogP contribution in [0.25, 0.3) is 11.3 Å². The van der Waals surface area contributed by atoms with Crippen LogP contribution in [0.5, 0.6) is 0 Å². The largest absolute Gasteiger partial charge is 0.392 e. The molecule has 96 valence electrons. The number of aliphatic hydroxyl groups excluding tert-OH is 1. The van der Waals surface area contributed by atoms with Crippen LogP contribution in [-0.4, -0.2) is 9.67 Å². The maximum Gasteiger partial charge on any atom is 0.0699 e. The number of hydrogen-bond acceptors (Lipinski definition) is 1. The standard InChI is InChI=1S/C16H21NO/c1-4-5-13-6-8-14(9-7-13)16-10-15(11-18)12(2)17(16)3/h6-10,18H,4-5,11H2,1-3H3. The van der Waals surface area contributed by atoms with Crippen LogP contribution >= 0.6 is 0 Å². The fraction of sp³-hybridized carbons (Fsp3) is 0.375. The van der Waals surface area contributed by atoms with Gasteiger partial charge in [-0.3, -0.25) is 0 Å². The number of aryl methyl sites for hydroxylation is 1. The molecular weight excluding hydrogens is 222 g/mol. The van der Waals surface area contributed by atoms with Crippen molar-refractivity contribution in [3.63, 3.8) is 0 Å². The highest BCUT2D eigenvalue weighted by molar-refractivity contribution is 5.62. The van der Waals surface area contributed by atoms with Gasteiger partial charge in [0.15, 0.2) is 0 Å². The van der Waals surface area contributed by atoms with Crippen LogP contribution in [0.3, 0.4) is 0 Å². The Kier molecular flexibility index (Phi) is 3.87. The zero-order chi connectivity index (χ0) is 13.1. The van der Waals surface area contributed by atoms with Gasteiger partial charge >= 0.3 is 0 Å². The topological polar surface area (TPSA) is 25.2 Å². The van der Waals surface area contributed by atoms with E-state index in [0.717, 1.165) is 17.7 Å². The molecule has 0 aliphatic heterocycles. The maximum atomic E-state index is 9.30. The van der Waals surface area contributed by atoms with E-state index in [9.17, 15) is 5.11 Å². The normalized spacial score (nSPS) is 10.9. The first-order valence-corrected chi connectivity index (χ1v) is 6.52. The smallest absolute Gasteiger partial charge is 0.0699 e. The van der Waals surface area contributed by atoms with Gasteiger partial charge in [-0.15, -0.1) is 0 Å². The fourth-order valence-electron chi connectivity index (χ4n) is 2.33. The highest BCUT2D eigenvalue weighted by Gasteiger charge is 2.09. The van der Waals surface area contributed by atoms with Gasteiger partial charge in [-0.05, 0) is 36.1 Å². The van der Waals surface area contributed by atoms with Gasteiger partial charge < -0.3 is 9.67 Å². The van der Waals surface area contributed by atoms with Crippen molar-refractivity contribution in [1.29, 1.82) is 0 Å². The summed E-state index contributed by atoms with van der Waals surface area (Å²) in [4.78, 5) is 0. The minimum absolute atomic E-state index is 0.105. The second-order valence-corrected chi connectivity index (χ2v) is 4.80. The van der Waals surface area contributed by atoms with Crippen LogP contribution in [0.2, 0.25) is 0 Å². The summed E-state index contributed by atoms with van der Waals surface area (Å²) < 4.78 is 2.14. The van der Waals surface area contributed by atoms with E-state index in [1.165, 1.54) is 23.2 Å².